The van der Waals surface area contributed by atoms with Crippen molar-refractivity contribution in [3.63, 3.8) is 0 Å². The van der Waals surface area contributed by atoms with Crippen LogP contribution in [0, 0.1) is 0 Å². The molecule has 0 spiro atoms. The molecule has 0 aliphatic carbocycles. The molecular weight excluding hydrogens is 351 g/mol. The first kappa shape index (κ1) is 21.5. The summed E-state index contributed by atoms with van der Waals surface area (Å²) in [7, 11) is 0.840. The standard InChI is InChI=1S/C11H11F9O3/c1-5(7(22)23-2)3-6(21)4-8(12,13)9(14,15)10(16,17)11(18,19)20/h6,21H,1,3-4H2,2H3. The Labute approximate surface area is 123 Å². The van der Waals surface area contributed by atoms with Crippen LogP contribution < -0.4 is 0 Å². The van der Waals surface area contributed by atoms with Crippen LogP contribution in [0.25, 0.3) is 0 Å². The SMILES string of the molecule is C=C(CC(O)CC(F)(F)C(F)(F)C(F)(F)C(F)(F)F)C(=O)OC. The maximum atomic E-state index is 13.2. The zero-order valence-electron chi connectivity index (χ0n) is 11.4. The second-order valence-corrected chi connectivity index (χ2v) is 4.51. The second kappa shape index (κ2) is 6.57. The van der Waals surface area contributed by atoms with Crippen molar-refractivity contribution in [3.8, 4) is 0 Å². The van der Waals surface area contributed by atoms with E-state index in [1.54, 1.807) is 0 Å². The number of methoxy groups -OCH3 is 1. The number of aliphatic hydroxyl groups is 1. The number of aliphatic hydroxyl groups excluding tert-OH is 1. The van der Waals surface area contributed by atoms with Crippen molar-refractivity contribution in [2.45, 2.75) is 42.9 Å². The zero-order chi connectivity index (χ0) is 18.9. The molecule has 0 bridgehead atoms. The molecule has 23 heavy (non-hydrogen) atoms. The summed E-state index contributed by atoms with van der Waals surface area (Å²) >= 11 is 0. The van der Waals surface area contributed by atoms with Gasteiger partial charge in [-0.25, -0.2) is 4.79 Å². The van der Waals surface area contributed by atoms with Crippen LogP contribution in [-0.4, -0.2) is 48.2 Å². The summed E-state index contributed by atoms with van der Waals surface area (Å²) in [5, 5.41) is 9.12. The van der Waals surface area contributed by atoms with Gasteiger partial charge in [0.1, 0.15) is 0 Å². The Morgan fingerprint density at radius 3 is 1.83 bits per heavy atom. The predicted molar refractivity (Wildman–Crippen MR) is 57.3 cm³/mol. The summed E-state index contributed by atoms with van der Waals surface area (Å²) < 4.78 is 117. The maximum Gasteiger partial charge on any atom is 0.460 e. The minimum absolute atomic E-state index is 0.665. The van der Waals surface area contributed by atoms with Crippen LogP contribution in [0.2, 0.25) is 0 Å². The fourth-order valence-corrected chi connectivity index (χ4v) is 1.42. The molecule has 0 aromatic carbocycles. The van der Waals surface area contributed by atoms with E-state index in [9.17, 15) is 44.3 Å². The van der Waals surface area contributed by atoms with Gasteiger partial charge in [-0.05, 0) is 0 Å². The van der Waals surface area contributed by atoms with Crippen molar-refractivity contribution >= 4 is 5.97 Å². The van der Waals surface area contributed by atoms with Gasteiger partial charge in [0, 0.05) is 18.4 Å². The van der Waals surface area contributed by atoms with Gasteiger partial charge in [0.05, 0.1) is 13.2 Å². The molecule has 0 saturated carbocycles. The van der Waals surface area contributed by atoms with E-state index in [-0.39, 0.29) is 0 Å². The van der Waals surface area contributed by atoms with E-state index in [0.717, 1.165) is 7.11 Å². The molecule has 136 valence electrons. The molecular formula is C11H11F9O3. The molecule has 0 saturated heterocycles. The Hall–Kier alpha value is -1.46. The quantitative estimate of drug-likeness (QED) is 0.429. The highest BCUT2D eigenvalue weighted by molar-refractivity contribution is 5.87. The fourth-order valence-electron chi connectivity index (χ4n) is 1.42. The van der Waals surface area contributed by atoms with E-state index in [1.165, 1.54) is 0 Å². The fraction of sp³-hybridized carbons (Fsp3) is 0.727. The lowest BCUT2D eigenvalue weighted by Gasteiger charge is -2.34. The van der Waals surface area contributed by atoms with Crippen LogP contribution >= 0.6 is 0 Å². The van der Waals surface area contributed by atoms with E-state index >= 15 is 0 Å². The van der Waals surface area contributed by atoms with E-state index < -0.39 is 54.4 Å². The van der Waals surface area contributed by atoms with Crippen molar-refractivity contribution in [1.29, 1.82) is 0 Å². The highest BCUT2D eigenvalue weighted by Gasteiger charge is 2.81. The molecule has 3 nitrogen and oxygen atoms in total. The Kier molecular flexibility index (Phi) is 6.16. The molecule has 0 aliphatic heterocycles. The van der Waals surface area contributed by atoms with Crippen molar-refractivity contribution in [2.75, 3.05) is 7.11 Å². The number of halogens is 9. The van der Waals surface area contributed by atoms with Gasteiger partial charge in [-0.2, -0.15) is 39.5 Å². The first-order valence-electron chi connectivity index (χ1n) is 5.65. The van der Waals surface area contributed by atoms with Gasteiger partial charge in [0.2, 0.25) is 0 Å². The molecule has 0 aromatic rings. The molecule has 0 rings (SSSR count). The molecule has 0 radical (unpaired) electrons. The number of carbonyl (C=O) groups excluding carboxylic acids is 1. The molecule has 0 heterocycles. The number of alkyl halides is 9. The summed E-state index contributed by atoms with van der Waals surface area (Å²) in [5.74, 6) is -21.0. The lowest BCUT2D eigenvalue weighted by Crippen LogP contribution is -2.61. The summed E-state index contributed by atoms with van der Waals surface area (Å²) in [6.45, 7) is 2.95. The van der Waals surface area contributed by atoms with Crippen LogP contribution in [0.15, 0.2) is 12.2 Å². The van der Waals surface area contributed by atoms with Gasteiger partial charge in [-0.15, -0.1) is 0 Å². The third kappa shape index (κ3) is 4.30. The van der Waals surface area contributed by atoms with Crippen LogP contribution in [0.4, 0.5) is 39.5 Å². The Balaban J connectivity index is 5.26. The van der Waals surface area contributed by atoms with Crippen LogP contribution in [-0.2, 0) is 9.53 Å². The van der Waals surface area contributed by atoms with Crippen molar-refractivity contribution in [3.05, 3.63) is 12.2 Å². The van der Waals surface area contributed by atoms with E-state index in [1.807, 2.05) is 0 Å². The van der Waals surface area contributed by atoms with Gasteiger partial charge < -0.3 is 9.84 Å². The predicted octanol–water partition coefficient (Wildman–Crippen LogP) is 3.32. The molecule has 0 amide bonds. The normalized spacial score (nSPS) is 15.3. The van der Waals surface area contributed by atoms with Crippen LogP contribution in [0.3, 0.4) is 0 Å². The van der Waals surface area contributed by atoms with Gasteiger partial charge in [0.15, 0.2) is 0 Å². The lowest BCUT2D eigenvalue weighted by molar-refractivity contribution is -0.398. The minimum atomic E-state index is -7.03. The largest absolute Gasteiger partial charge is 0.466 e. The first-order chi connectivity index (χ1) is 10.0. The van der Waals surface area contributed by atoms with Gasteiger partial charge in [0.25, 0.3) is 0 Å². The van der Waals surface area contributed by atoms with Gasteiger partial charge >= 0.3 is 29.9 Å². The topological polar surface area (TPSA) is 46.5 Å². The number of ether oxygens (including phenoxy) is 1. The summed E-state index contributed by atoms with van der Waals surface area (Å²) in [6, 6.07) is 0. The smallest absolute Gasteiger partial charge is 0.460 e. The average Bonchev–Trinajstić information content (AvgIpc) is 2.34. The highest BCUT2D eigenvalue weighted by Crippen LogP contribution is 2.54. The average molecular weight is 362 g/mol. The van der Waals surface area contributed by atoms with E-state index in [0.29, 0.717) is 0 Å². The number of hydrogen-bond donors (Lipinski definition) is 1. The number of esters is 1. The van der Waals surface area contributed by atoms with Crippen molar-refractivity contribution in [2.24, 2.45) is 0 Å². The molecule has 1 unspecified atom stereocenters. The van der Waals surface area contributed by atoms with Crippen molar-refractivity contribution in [1.82, 2.24) is 0 Å². The maximum absolute atomic E-state index is 13.2. The van der Waals surface area contributed by atoms with E-state index in [2.05, 4.69) is 11.3 Å². The van der Waals surface area contributed by atoms with Gasteiger partial charge in [-0.3, -0.25) is 0 Å². The zero-order valence-corrected chi connectivity index (χ0v) is 11.4. The third-order valence-electron chi connectivity index (χ3n) is 2.66. The molecule has 0 fully saturated rings. The third-order valence-corrected chi connectivity index (χ3v) is 2.66. The summed E-state index contributed by atoms with van der Waals surface area (Å²) in [4.78, 5) is 10.9. The number of carbonyl (C=O) groups is 1. The first-order valence-corrected chi connectivity index (χ1v) is 5.65. The minimum Gasteiger partial charge on any atom is -0.466 e. The lowest BCUT2D eigenvalue weighted by atomic mass is 9.96. The summed E-state index contributed by atoms with van der Waals surface area (Å²) in [6.07, 6.45) is -13.0. The molecule has 1 atom stereocenters. The second-order valence-electron chi connectivity index (χ2n) is 4.51. The number of rotatable bonds is 7. The van der Waals surface area contributed by atoms with Crippen LogP contribution in [0.5, 0.6) is 0 Å². The Morgan fingerprint density at radius 2 is 1.48 bits per heavy atom. The molecule has 12 heteroatoms. The van der Waals surface area contributed by atoms with E-state index in [4.69, 9.17) is 5.11 Å². The van der Waals surface area contributed by atoms with Crippen LogP contribution in [0.1, 0.15) is 12.8 Å². The monoisotopic (exact) mass is 362 g/mol. The van der Waals surface area contributed by atoms with Gasteiger partial charge in [-0.1, -0.05) is 6.58 Å². The van der Waals surface area contributed by atoms with Crippen molar-refractivity contribution < 1.29 is 54.2 Å². The number of hydrogen-bond acceptors (Lipinski definition) is 3. The Bertz CT molecular complexity index is 456. The molecule has 0 aliphatic rings. The molecule has 1 N–H and O–H groups in total. The highest BCUT2D eigenvalue weighted by atomic mass is 19.4. The Morgan fingerprint density at radius 1 is 1.04 bits per heavy atom. The molecule has 0 aromatic heterocycles. The summed E-state index contributed by atoms with van der Waals surface area (Å²) in [5.41, 5.74) is -0.665.